The van der Waals surface area contributed by atoms with Gasteiger partial charge in [-0.05, 0) is 54.4 Å². The number of anilines is 3. The second kappa shape index (κ2) is 9.25. The number of carbonyl (C=O) groups is 1. The van der Waals surface area contributed by atoms with Crippen molar-refractivity contribution in [2.45, 2.75) is 12.5 Å². The number of fused-ring (bicyclic) bond motifs is 3. The number of hydrogen-bond donors (Lipinski definition) is 1. The molecule has 2 atom stereocenters. The van der Waals surface area contributed by atoms with Crippen LogP contribution in [0.2, 0.25) is 0 Å². The normalized spacial score (nSPS) is 19.1. The van der Waals surface area contributed by atoms with Crippen molar-refractivity contribution in [1.29, 1.82) is 0 Å². The van der Waals surface area contributed by atoms with E-state index >= 15 is 0 Å². The Kier molecular flexibility index (Phi) is 6.01. The fourth-order valence-electron chi connectivity index (χ4n) is 5.04. The Hall–Kier alpha value is -3.74. The van der Waals surface area contributed by atoms with Gasteiger partial charge in [-0.1, -0.05) is 18.2 Å². The molecule has 0 aliphatic carbocycles. The molecule has 1 N–H and O–H groups in total. The average molecular weight is 462 g/mol. The van der Waals surface area contributed by atoms with Gasteiger partial charge in [-0.3, -0.25) is 4.79 Å². The van der Waals surface area contributed by atoms with E-state index in [2.05, 4.69) is 15.1 Å². The van der Waals surface area contributed by atoms with E-state index in [1.54, 1.807) is 26.4 Å². The minimum atomic E-state index is -0.294. The molecular weight excluding hydrogens is 433 g/mol. The van der Waals surface area contributed by atoms with E-state index in [-0.39, 0.29) is 23.7 Å². The van der Waals surface area contributed by atoms with E-state index < -0.39 is 0 Å². The van der Waals surface area contributed by atoms with Crippen LogP contribution in [0.25, 0.3) is 0 Å². The first-order valence-corrected chi connectivity index (χ1v) is 11.5. The van der Waals surface area contributed by atoms with Gasteiger partial charge in [-0.25, -0.2) is 4.39 Å². The van der Waals surface area contributed by atoms with Crippen LogP contribution in [0.5, 0.6) is 11.5 Å². The lowest BCUT2D eigenvalue weighted by Crippen LogP contribution is -2.60. The van der Waals surface area contributed by atoms with Gasteiger partial charge in [0.25, 0.3) is 0 Å². The smallest absolute Gasteiger partial charge is 0.229 e. The number of ether oxygens (including phenoxy) is 2. The maximum absolute atomic E-state index is 14.6. The average Bonchev–Trinajstić information content (AvgIpc) is 2.88. The Morgan fingerprint density at radius 3 is 2.41 bits per heavy atom. The first kappa shape index (κ1) is 22.1. The van der Waals surface area contributed by atoms with Crippen molar-refractivity contribution in [2.24, 2.45) is 5.92 Å². The standard InChI is InChI=1S/C27H28FN3O3/c1-33-20-11-8-19(9-12-20)29-27(32)22-15-18-7-10-21(34-2)16-25(18)31-14-13-30(17-26(22)31)24-6-4-3-5-23(24)28/h3-12,16,22,26H,13-15,17H2,1-2H3,(H,29,32)/t22-,26-/m1/s1. The zero-order chi connectivity index (χ0) is 23.7. The molecule has 0 bridgehead atoms. The number of carbonyl (C=O) groups excluding carboxylic acids is 1. The van der Waals surface area contributed by atoms with Crippen LogP contribution in [0.1, 0.15) is 5.56 Å². The van der Waals surface area contributed by atoms with Crippen LogP contribution in [-0.2, 0) is 11.2 Å². The lowest BCUT2D eigenvalue weighted by molar-refractivity contribution is -0.120. The molecule has 3 aromatic rings. The van der Waals surface area contributed by atoms with Gasteiger partial charge in [-0.2, -0.15) is 0 Å². The number of amides is 1. The van der Waals surface area contributed by atoms with Crippen LogP contribution >= 0.6 is 0 Å². The van der Waals surface area contributed by atoms with Crippen molar-refractivity contribution in [3.05, 3.63) is 78.1 Å². The Balaban J connectivity index is 1.46. The molecule has 1 saturated heterocycles. The molecule has 5 rings (SSSR count). The number of para-hydroxylation sites is 1. The van der Waals surface area contributed by atoms with E-state index in [1.165, 1.54) is 6.07 Å². The summed E-state index contributed by atoms with van der Waals surface area (Å²) in [5.74, 6) is 0.940. The number of halogens is 1. The Morgan fingerprint density at radius 2 is 1.68 bits per heavy atom. The van der Waals surface area contributed by atoms with Crippen LogP contribution in [0.15, 0.2) is 66.7 Å². The van der Waals surface area contributed by atoms with Crippen LogP contribution in [0.4, 0.5) is 21.5 Å². The van der Waals surface area contributed by atoms with Gasteiger partial charge in [0.2, 0.25) is 5.91 Å². The molecule has 2 aliphatic rings. The molecule has 0 spiro atoms. The summed E-state index contributed by atoms with van der Waals surface area (Å²) in [6.07, 6.45) is 0.605. The summed E-state index contributed by atoms with van der Waals surface area (Å²) in [5, 5.41) is 3.08. The zero-order valence-electron chi connectivity index (χ0n) is 19.3. The SMILES string of the molecule is COc1ccc(NC(=O)[C@@H]2Cc3ccc(OC)cc3N3CCN(c4ccccc4F)C[C@H]23)cc1. The summed E-state index contributed by atoms with van der Waals surface area (Å²) in [7, 11) is 3.27. The molecule has 0 saturated carbocycles. The summed E-state index contributed by atoms with van der Waals surface area (Å²) < 4.78 is 25.3. The highest BCUT2D eigenvalue weighted by atomic mass is 19.1. The molecule has 2 aliphatic heterocycles. The molecule has 0 radical (unpaired) electrons. The van der Waals surface area contributed by atoms with Gasteiger partial charge < -0.3 is 24.6 Å². The Labute approximate surface area is 198 Å². The van der Waals surface area contributed by atoms with Crippen LogP contribution in [-0.4, -0.2) is 45.8 Å². The molecule has 3 aromatic carbocycles. The Bertz CT molecular complexity index is 1180. The molecule has 6 nitrogen and oxygen atoms in total. The number of methoxy groups -OCH3 is 2. The molecule has 0 unspecified atom stereocenters. The van der Waals surface area contributed by atoms with Crippen molar-refractivity contribution in [1.82, 2.24) is 0 Å². The molecule has 34 heavy (non-hydrogen) atoms. The fourth-order valence-corrected chi connectivity index (χ4v) is 5.04. The first-order chi connectivity index (χ1) is 16.6. The zero-order valence-corrected chi connectivity index (χ0v) is 19.3. The minimum Gasteiger partial charge on any atom is -0.497 e. The highest BCUT2D eigenvalue weighted by molar-refractivity contribution is 5.94. The van der Waals surface area contributed by atoms with Gasteiger partial charge in [0.1, 0.15) is 17.3 Å². The van der Waals surface area contributed by atoms with Gasteiger partial charge in [-0.15, -0.1) is 0 Å². The topological polar surface area (TPSA) is 54.0 Å². The molecule has 2 heterocycles. The predicted molar refractivity (Wildman–Crippen MR) is 132 cm³/mol. The maximum Gasteiger partial charge on any atom is 0.229 e. The monoisotopic (exact) mass is 461 g/mol. The van der Waals surface area contributed by atoms with Crippen molar-refractivity contribution in [3.63, 3.8) is 0 Å². The third-order valence-electron chi connectivity index (χ3n) is 6.81. The van der Waals surface area contributed by atoms with E-state index in [4.69, 9.17) is 9.47 Å². The number of rotatable bonds is 5. The van der Waals surface area contributed by atoms with E-state index in [1.807, 2.05) is 48.5 Å². The van der Waals surface area contributed by atoms with Gasteiger partial charge in [0.05, 0.1) is 31.9 Å². The van der Waals surface area contributed by atoms with Crippen molar-refractivity contribution >= 4 is 23.0 Å². The third kappa shape index (κ3) is 4.14. The Morgan fingerprint density at radius 1 is 0.941 bits per heavy atom. The lowest BCUT2D eigenvalue weighted by atomic mass is 9.83. The molecule has 176 valence electrons. The maximum atomic E-state index is 14.6. The molecule has 1 fully saturated rings. The number of hydrogen-bond acceptors (Lipinski definition) is 5. The molecular formula is C27H28FN3O3. The summed E-state index contributed by atoms with van der Waals surface area (Å²) in [4.78, 5) is 17.9. The summed E-state index contributed by atoms with van der Waals surface area (Å²) in [5.41, 5.74) is 3.50. The largest absolute Gasteiger partial charge is 0.497 e. The molecule has 1 amide bonds. The second-order valence-electron chi connectivity index (χ2n) is 8.68. The van der Waals surface area contributed by atoms with Gasteiger partial charge in [0, 0.05) is 37.1 Å². The van der Waals surface area contributed by atoms with Crippen molar-refractivity contribution in [2.75, 3.05) is 49.0 Å². The van der Waals surface area contributed by atoms with E-state index in [9.17, 15) is 9.18 Å². The van der Waals surface area contributed by atoms with E-state index in [0.717, 1.165) is 28.4 Å². The van der Waals surface area contributed by atoms with E-state index in [0.29, 0.717) is 31.7 Å². The lowest BCUT2D eigenvalue weighted by Gasteiger charge is -2.49. The van der Waals surface area contributed by atoms with Gasteiger partial charge in [0.15, 0.2) is 0 Å². The third-order valence-corrected chi connectivity index (χ3v) is 6.81. The van der Waals surface area contributed by atoms with Crippen molar-refractivity contribution in [3.8, 4) is 11.5 Å². The molecule has 0 aromatic heterocycles. The predicted octanol–water partition coefficient (Wildman–Crippen LogP) is 4.35. The summed E-state index contributed by atoms with van der Waals surface area (Å²) >= 11 is 0. The number of piperazine rings is 1. The van der Waals surface area contributed by atoms with Crippen molar-refractivity contribution < 1.29 is 18.7 Å². The van der Waals surface area contributed by atoms with Crippen LogP contribution in [0, 0.1) is 11.7 Å². The molecule has 7 heteroatoms. The summed E-state index contributed by atoms with van der Waals surface area (Å²) in [6, 6.07) is 20.1. The number of nitrogens with zero attached hydrogens (tertiary/aromatic N) is 2. The van der Waals surface area contributed by atoms with Crippen LogP contribution in [0.3, 0.4) is 0 Å². The van der Waals surface area contributed by atoms with Crippen LogP contribution < -0.4 is 24.6 Å². The fraction of sp³-hybridized carbons (Fsp3) is 0.296. The minimum absolute atomic E-state index is 0.0444. The highest BCUT2D eigenvalue weighted by Crippen LogP contribution is 2.39. The summed E-state index contributed by atoms with van der Waals surface area (Å²) in [6.45, 7) is 1.91. The quantitative estimate of drug-likeness (QED) is 0.612. The highest BCUT2D eigenvalue weighted by Gasteiger charge is 2.42. The number of benzene rings is 3. The first-order valence-electron chi connectivity index (χ1n) is 11.5. The van der Waals surface area contributed by atoms with Gasteiger partial charge >= 0.3 is 0 Å². The number of nitrogens with one attached hydrogen (secondary N) is 1. The second-order valence-corrected chi connectivity index (χ2v) is 8.68.